The van der Waals surface area contributed by atoms with E-state index >= 15 is 0 Å². The normalized spacial score (nSPS) is 21.9. The number of anilines is 1. The van der Waals surface area contributed by atoms with Crippen LogP contribution in [0.15, 0.2) is 29.2 Å². The molecule has 0 saturated carbocycles. The largest absolute Gasteiger partial charge is 0.322 e. The highest BCUT2D eigenvalue weighted by Gasteiger charge is 2.55. The Balaban J connectivity index is 2.53. The highest BCUT2D eigenvalue weighted by molar-refractivity contribution is 8.03. The van der Waals surface area contributed by atoms with Crippen LogP contribution < -0.4 is 5.32 Å². The first-order chi connectivity index (χ1) is 7.34. The third-order valence-electron chi connectivity index (χ3n) is 2.02. The van der Waals surface area contributed by atoms with Crippen molar-refractivity contribution in [1.29, 1.82) is 0 Å². The molecule has 0 aliphatic carbocycles. The molecule has 1 N–H and O–H groups in total. The van der Waals surface area contributed by atoms with Crippen molar-refractivity contribution in [2.45, 2.75) is 12.9 Å². The minimum atomic E-state index is -1.92. The number of benzene rings is 1. The molecule has 1 aliphatic rings. The van der Waals surface area contributed by atoms with Gasteiger partial charge in [0.05, 0.1) is 5.69 Å². The summed E-state index contributed by atoms with van der Waals surface area (Å²) in [7, 11) is 0. The molecule has 0 aromatic heterocycles. The molecule has 0 radical (unpaired) electrons. The zero-order chi connectivity index (χ0) is 12.0. The van der Waals surface area contributed by atoms with E-state index in [4.69, 9.17) is 46.4 Å². The summed E-state index contributed by atoms with van der Waals surface area (Å²) >= 11 is 24.8. The number of carbonyl (C=O) groups excluding carboxylic acids is 1. The van der Waals surface area contributed by atoms with E-state index in [1.807, 2.05) is 0 Å². The number of rotatable bonds is 0. The van der Waals surface area contributed by atoms with Gasteiger partial charge in [-0.3, -0.25) is 4.79 Å². The van der Waals surface area contributed by atoms with Crippen LogP contribution in [0.5, 0.6) is 0 Å². The van der Waals surface area contributed by atoms with Gasteiger partial charge in [0.15, 0.2) is 0 Å². The first-order valence-electron chi connectivity index (χ1n) is 4.20. The van der Waals surface area contributed by atoms with Gasteiger partial charge in [0.25, 0.3) is 5.91 Å². The quantitative estimate of drug-likeness (QED) is 0.732. The van der Waals surface area contributed by atoms with Gasteiger partial charge in [-0.2, -0.15) is 0 Å². The molecule has 1 amide bonds. The molecule has 2 rings (SSSR count). The Bertz CT molecular complexity index is 449. The minimum Gasteiger partial charge on any atom is -0.322 e. The van der Waals surface area contributed by atoms with E-state index < -0.39 is 13.9 Å². The van der Waals surface area contributed by atoms with Crippen LogP contribution in [0.4, 0.5) is 5.69 Å². The lowest BCUT2D eigenvalue weighted by Gasteiger charge is -2.27. The van der Waals surface area contributed by atoms with E-state index in [1.165, 1.54) is 0 Å². The van der Waals surface area contributed by atoms with E-state index in [0.29, 0.717) is 10.6 Å². The summed E-state index contributed by atoms with van der Waals surface area (Å²) in [6.45, 7) is 0. The van der Waals surface area contributed by atoms with Crippen molar-refractivity contribution in [3.05, 3.63) is 24.3 Å². The third-order valence-corrected chi connectivity index (χ3v) is 5.71. The molecule has 1 aromatic rings. The predicted molar refractivity (Wildman–Crippen MR) is 69.8 cm³/mol. The summed E-state index contributed by atoms with van der Waals surface area (Å²) < 4.78 is -3.56. The lowest BCUT2D eigenvalue weighted by Crippen LogP contribution is -2.43. The lowest BCUT2D eigenvalue weighted by atomic mass is 10.3. The maximum atomic E-state index is 11.8. The molecule has 0 saturated heterocycles. The molecule has 16 heavy (non-hydrogen) atoms. The van der Waals surface area contributed by atoms with Crippen molar-refractivity contribution in [3.63, 3.8) is 0 Å². The average Bonchev–Trinajstić information content (AvgIpc) is 2.25. The van der Waals surface area contributed by atoms with Gasteiger partial charge in [-0.1, -0.05) is 70.3 Å². The van der Waals surface area contributed by atoms with E-state index in [2.05, 4.69) is 5.32 Å². The number of carbonyl (C=O) groups is 1. The van der Waals surface area contributed by atoms with Crippen molar-refractivity contribution < 1.29 is 4.79 Å². The SMILES string of the molecule is O=C1Nc2ccccc2SC(Cl)(Cl)C1(Cl)Cl. The Morgan fingerprint density at radius 2 is 1.75 bits per heavy atom. The number of thioether (sulfide) groups is 1. The van der Waals surface area contributed by atoms with Crippen LogP contribution >= 0.6 is 58.2 Å². The van der Waals surface area contributed by atoms with Crippen molar-refractivity contribution >= 4 is 69.8 Å². The molecule has 0 spiro atoms. The fraction of sp³-hybridized carbons (Fsp3) is 0.222. The van der Waals surface area contributed by atoms with Gasteiger partial charge < -0.3 is 5.32 Å². The number of hydrogen-bond acceptors (Lipinski definition) is 2. The van der Waals surface area contributed by atoms with Gasteiger partial charge in [-0.05, 0) is 12.1 Å². The summed E-state index contributed by atoms with van der Waals surface area (Å²) in [5.74, 6) is -0.640. The highest BCUT2D eigenvalue weighted by atomic mass is 35.5. The topological polar surface area (TPSA) is 29.1 Å². The number of hydrogen-bond donors (Lipinski definition) is 1. The molecule has 7 heteroatoms. The smallest absolute Gasteiger partial charge is 0.264 e. The van der Waals surface area contributed by atoms with E-state index in [-0.39, 0.29) is 0 Å². The van der Waals surface area contributed by atoms with Crippen LogP contribution in [-0.2, 0) is 4.79 Å². The van der Waals surface area contributed by atoms with Crippen LogP contribution in [-0.4, -0.2) is 13.9 Å². The Morgan fingerprint density at radius 3 is 2.44 bits per heavy atom. The predicted octanol–water partition coefficient (Wildman–Crippen LogP) is 4.04. The van der Waals surface area contributed by atoms with Gasteiger partial charge in [0.2, 0.25) is 8.00 Å². The summed E-state index contributed by atoms with van der Waals surface area (Å²) in [6.07, 6.45) is 0. The Morgan fingerprint density at radius 1 is 1.12 bits per heavy atom. The van der Waals surface area contributed by atoms with Crippen LogP contribution in [0.2, 0.25) is 0 Å². The molecule has 1 aromatic carbocycles. The van der Waals surface area contributed by atoms with Crippen LogP contribution in [0, 0.1) is 0 Å². The van der Waals surface area contributed by atoms with Gasteiger partial charge in [-0.25, -0.2) is 0 Å². The van der Waals surface area contributed by atoms with Gasteiger partial charge in [0, 0.05) is 4.90 Å². The number of nitrogens with one attached hydrogen (secondary N) is 1. The van der Waals surface area contributed by atoms with Crippen LogP contribution in [0.25, 0.3) is 0 Å². The molecule has 1 heterocycles. The monoisotopic (exact) mass is 315 g/mol. The number of fused-ring (bicyclic) bond motifs is 1. The van der Waals surface area contributed by atoms with E-state index in [0.717, 1.165) is 11.8 Å². The first-order valence-corrected chi connectivity index (χ1v) is 6.52. The number of halogens is 4. The number of amides is 1. The molecule has 1 aliphatic heterocycles. The standard InChI is InChI=1S/C9H5Cl4NOS/c10-8(11)7(15)14-5-3-1-2-4-6(5)16-9(8,12)13/h1-4H,(H,14,15). The van der Waals surface area contributed by atoms with E-state index in [9.17, 15) is 4.79 Å². The third kappa shape index (κ3) is 2.00. The van der Waals surface area contributed by atoms with Gasteiger partial charge in [-0.15, -0.1) is 0 Å². The average molecular weight is 317 g/mol. The molecule has 0 atom stereocenters. The molecular weight excluding hydrogens is 312 g/mol. The second kappa shape index (κ2) is 4.14. The molecule has 0 unspecified atom stereocenters. The highest BCUT2D eigenvalue weighted by Crippen LogP contribution is 2.56. The second-order valence-electron chi connectivity index (χ2n) is 3.14. The molecule has 86 valence electrons. The van der Waals surface area contributed by atoms with Gasteiger partial charge >= 0.3 is 0 Å². The first kappa shape index (κ1) is 12.7. The van der Waals surface area contributed by atoms with Crippen molar-refractivity contribution in [2.24, 2.45) is 0 Å². The maximum absolute atomic E-state index is 11.8. The van der Waals surface area contributed by atoms with Crippen molar-refractivity contribution in [3.8, 4) is 0 Å². The maximum Gasteiger partial charge on any atom is 0.264 e. The number of para-hydroxylation sites is 1. The number of alkyl halides is 4. The summed E-state index contributed by atoms with van der Waals surface area (Å²) in [5.41, 5.74) is 0.589. The van der Waals surface area contributed by atoms with Crippen molar-refractivity contribution in [2.75, 3.05) is 5.32 Å². The van der Waals surface area contributed by atoms with E-state index in [1.54, 1.807) is 24.3 Å². The van der Waals surface area contributed by atoms with Crippen LogP contribution in [0.1, 0.15) is 0 Å². The fourth-order valence-electron chi connectivity index (χ4n) is 1.19. The molecule has 2 nitrogen and oxygen atoms in total. The lowest BCUT2D eigenvalue weighted by molar-refractivity contribution is -0.116. The summed E-state index contributed by atoms with van der Waals surface area (Å²) in [6, 6.07) is 7.07. The zero-order valence-corrected chi connectivity index (χ0v) is 11.5. The summed E-state index contributed by atoms with van der Waals surface area (Å²) in [4.78, 5) is 12.5. The fourth-order valence-corrected chi connectivity index (χ4v) is 3.06. The van der Waals surface area contributed by atoms with Crippen molar-refractivity contribution in [1.82, 2.24) is 0 Å². The minimum absolute atomic E-state index is 0.589. The second-order valence-corrected chi connectivity index (χ2v) is 7.50. The Hall–Kier alpha value is 0.200. The Labute approximate surface area is 117 Å². The van der Waals surface area contributed by atoms with Crippen LogP contribution in [0.3, 0.4) is 0 Å². The summed E-state index contributed by atoms with van der Waals surface area (Å²) in [5, 5.41) is 2.58. The van der Waals surface area contributed by atoms with Gasteiger partial charge in [0.1, 0.15) is 0 Å². The zero-order valence-electron chi connectivity index (χ0n) is 7.64. The Kier molecular flexibility index (Phi) is 3.28. The molecular formula is C9H5Cl4NOS. The molecule has 0 fully saturated rings. The molecule has 0 bridgehead atoms.